The molecule has 0 aliphatic carbocycles. The second-order valence-electron chi connectivity index (χ2n) is 3.82. The van der Waals surface area contributed by atoms with Crippen molar-refractivity contribution >= 4 is 5.78 Å². The molecule has 2 aromatic rings. The predicted molar refractivity (Wildman–Crippen MR) is 65.6 cm³/mol. The van der Waals surface area contributed by atoms with Crippen LogP contribution in [-0.2, 0) is 0 Å². The van der Waals surface area contributed by atoms with E-state index in [0.717, 1.165) is 0 Å². The van der Waals surface area contributed by atoms with Crippen LogP contribution in [0.15, 0.2) is 42.7 Å². The van der Waals surface area contributed by atoms with Crippen molar-refractivity contribution in [3.8, 4) is 5.75 Å². The van der Waals surface area contributed by atoms with Gasteiger partial charge in [-0.25, -0.2) is 8.78 Å². The molecule has 1 aromatic carbocycles. The molecule has 3 nitrogen and oxygen atoms in total. The number of alkyl halides is 2. The molecule has 0 N–H and O–H groups in total. The van der Waals surface area contributed by atoms with Crippen LogP contribution in [0.3, 0.4) is 0 Å². The fourth-order valence-electron chi connectivity index (χ4n) is 1.70. The topological polar surface area (TPSA) is 39.2 Å². The molecule has 1 aromatic heterocycles. The highest BCUT2D eigenvalue weighted by molar-refractivity contribution is 6.10. The summed E-state index contributed by atoms with van der Waals surface area (Å²) in [6, 6.07) is 7.03. The van der Waals surface area contributed by atoms with Crippen LogP contribution in [0.2, 0.25) is 0 Å². The molecule has 0 aliphatic rings. The molecule has 0 amide bonds. The zero-order valence-electron chi connectivity index (χ0n) is 10.1. The van der Waals surface area contributed by atoms with Crippen LogP contribution >= 0.6 is 0 Å². The zero-order chi connectivity index (χ0) is 13.8. The van der Waals surface area contributed by atoms with Crippen LogP contribution in [0.1, 0.15) is 27.9 Å². The molecule has 0 aliphatic heterocycles. The Hall–Kier alpha value is -2.30. The number of aromatic nitrogens is 1. The molecule has 19 heavy (non-hydrogen) atoms. The van der Waals surface area contributed by atoms with Gasteiger partial charge in [-0.3, -0.25) is 9.78 Å². The van der Waals surface area contributed by atoms with Crippen molar-refractivity contribution in [1.82, 2.24) is 4.98 Å². The standard InChI is InChI=1S/C14H11F2NO2/c1-19-10-4-5-11(14(15)16)12(7-10)13(18)9-3-2-6-17-8-9/h2-8,14H,1H3. The summed E-state index contributed by atoms with van der Waals surface area (Å²) in [7, 11) is 1.41. The van der Waals surface area contributed by atoms with Gasteiger partial charge in [0.2, 0.25) is 0 Å². The molecule has 0 saturated heterocycles. The molecule has 5 heteroatoms. The Bertz CT molecular complexity index is 585. The maximum atomic E-state index is 12.9. The van der Waals surface area contributed by atoms with E-state index in [1.165, 1.54) is 43.8 Å². The van der Waals surface area contributed by atoms with Crippen molar-refractivity contribution in [2.24, 2.45) is 0 Å². The van der Waals surface area contributed by atoms with Gasteiger partial charge in [0, 0.05) is 29.1 Å². The number of ether oxygens (including phenoxy) is 1. The smallest absolute Gasteiger partial charge is 0.264 e. The lowest BCUT2D eigenvalue weighted by atomic mass is 9.99. The first-order valence-corrected chi connectivity index (χ1v) is 5.54. The zero-order valence-corrected chi connectivity index (χ0v) is 10.1. The van der Waals surface area contributed by atoms with E-state index < -0.39 is 12.2 Å². The van der Waals surface area contributed by atoms with Crippen molar-refractivity contribution in [2.45, 2.75) is 6.43 Å². The number of rotatable bonds is 4. The normalized spacial score (nSPS) is 10.5. The van der Waals surface area contributed by atoms with Crippen molar-refractivity contribution in [3.05, 3.63) is 59.4 Å². The molecule has 0 fully saturated rings. The highest BCUT2D eigenvalue weighted by atomic mass is 19.3. The maximum absolute atomic E-state index is 12.9. The van der Waals surface area contributed by atoms with Crippen molar-refractivity contribution in [2.75, 3.05) is 7.11 Å². The van der Waals surface area contributed by atoms with E-state index in [2.05, 4.69) is 4.98 Å². The van der Waals surface area contributed by atoms with Gasteiger partial charge in [0.15, 0.2) is 5.78 Å². The van der Waals surface area contributed by atoms with Crippen LogP contribution in [0.4, 0.5) is 8.78 Å². The largest absolute Gasteiger partial charge is 0.497 e. The Balaban J connectivity index is 2.50. The summed E-state index contributed by atoms with van der Waals surface area (Å²) in [5.41, 5.74) is -0.116. The van der Waals surface area contributed by atoms with E-state index in [4.69, 9.17) is 4.74 Å². The molecule has 0 bridgehead atoms. The minimum Gasteiger partial charge on any atom is -0.497 e. The van der Waals surface area contributed by atoms with E-state index in [1.807, 2.05) is 0 Å². The molecule has 0 spiro atoms. The molecule has 0 atom stereocenters. The highest BCUT2D eigenvalue weighted by Crippen LogP contribution is 2.28. The fraction of sp³-hybridized carbons (Fsp3) is 0.143. The third kappa shape index (κ3) is 2.76. The predicted octanol–water partition coefficient (Wildman–Crippen LogP) is 3.26. The van der Waals surface area contributed by atoms with E-state index in [9.17, 15) is 13.6 Å². The fourth-order valence-corrected chi connectivity index (χ4v) is 1.70. The van der Waals surface area contributed by atoms with Crippen molar-refractivity contribution < 1.29 is 18.3 Å². The molecular formula is C14H11F2NO2. The third-order valence-electron chi connectivity index (χ3n) is 2.66. The van der Waals surface area contributed by atoms with Gasteiger partial charge in [0.1, 0.15) is 5.75 Å². The quantitative estimate of drug-likeness (QED) is 0.795. The van der Waals surface area contributed by atoms with Crippen LogP contribution in [-0.4, -0.2) is 17.9 Å². The number of methoxy groups -OCH3 is 1. The molecule has 98 valence electrons. The van der Waals surface area contributed by atoms with Crippen molar-refractivity contribution in [1.29, 1.82) is 0 Å². The summed E-state index contributed by atoms with van der Waals surface area (Å²) < 4.78 is 30.8. The average Bonchev–Trinajstić information content (AvgIpc) is 2.46. The first-order valence-electron chi connectivity index (χ1n) is 5.54. The number of carbonyl (C=O) groups excluding carboxylic acids is 1. The third-order valence-corrected chi connectivity index (χ3v) is 2.66. The van der Waals surface area contributed by atoms with Gasteiger partial charge in [0.25, 0.3) is 6.43 Å². The summed E-state index contributed by atoms with van der Waals surface area (Å²) in [6.45, 7) is 0. The van der Waals surface area contributed by atoms with Gasteiger partial charge in [-0.15, -0.1) is 0 Å². The number of benzene rings is 1. The van der Waals surface area contributed by atoms with Gasteiger partial charge in [-0.1, -0.05) is 0 Å². The second kappa shape index (κ2) is 5.56. The monoisotopic (exact) mass is 263 g/mol. The summed E-state index contributed by atoms with van der Waals surface area (Å²) >= 11 is 0. The number of nitrogens with zero attached hydrogens (tertiary/aromatic N) is 1. The van der Waals surface area contributed by atoms with Crippen LogP contribution in [0.5, 0.6) is 5.75 Å². The Morgan fingerprint density at radius 1 is 1.32 bits per heavy atom. The number of hydrogen-bond acceptors (Lipinski definition) is 3. The summed E-state index contributed by atoms with van der Waals surface area (Å²) in [5.74, 6) is -0.140. The van der Waals surface area contributed by atoms with E-state index in [0.29, 0.717) is 5.75 Å². The maximum Gasteiger partial charge on any atom is 0.264 e. The minimum absolute atomic E-state index is 0.0673. The number of hydrogen-bond donors (Lipinski definition) is 0. The number of carbonyl (C=O) groups is 1. The van der Waals surface area contributed by atoms with Gasteiger partial charge in [-0.05, 0) is 30.3 Å². The minimum atomic E-state index is -2.72. The Morgan fingerprint density at radius 3 is 2.68 bits per heavy atom. The molecule has 2 rings (SSSR count). The number of halogens is 2. The van der Waals surface area contributed by atoms with Gasteiger partial charge in [0.05, 0.1) is 7.11 Å². The highest BCUT2D eigenvalue weighted by Gasteiger charge is 2.20. The van der Waals surface area contributed by atoms with E-state index in [1.54, 1.807) is 6.07 Å². The first kappa shape index (κ1) is 13.1. The van der Waals surface area contributed by atoms with Crippen LogP contribution in [0.25, 0.3) is 0 Å². The second-order valence-corrected chi connectivity index (χ2v) is 3.82. The Kier molecular flexibility index (Phi) is 3.85. The molecule has 0 unspecified atom stereocenters. The summed E-state index contributed by atoms with van der Waals surface area (Å²) in [4.78, 5) is 16.0. The number of ketones is 1. The number of pyridine rings is 1. The average molecular weight is 263 g/mol. The van der Waals surface area contributed by atoms with Gasteiger partial charge in [-0.2, -0.15) is 0 Å². The van der Waals surface area contributed by atoms with Gasteiger partial charge < -0.3 is 4.74 Å². The lowest BCUT2D eigenvalue weighted by Crippen LogP contribution is -2.06. The molecule has 0 radical (unpaired) electrons. The molecule has 1 heterocycles. The van der Waals surface area contributed by atoms with Gasteiger partial charge >= 0.3 is 0 Å². The molecule has 0 saturated carbocycles. The Morgan fingerprint density at radius 2 is 2.11 bits per heavy atom. The SMILES string of the molecule is COc1ccc(C(F)F)c(C(=O)c2cccnc2)c1. The van der Waals surface area contributed by atoms with E-state index in [-0.39, 0.29) is 16.7 Å². The first-order chi connectivity index (χ1) is 9.13. The van der Waals surface area contributed by atoms with E-state index >= 15 is 0 Å². The molecular weight excluding hydrogens is 252 g/mol. The van der Waals surface area contributed by atoms with Crippen molar-refractivity contribution in [3.63, 3.8) is 0 Å². The lowest BCUT2D eigenvalue weighted by molar-refractivity contribution is 0.102. The van der Waals surface area contributed by atoms with Crippen LogP contribution < -0.4 is 4.74 Å². The lowest BCUT2D eigenvalue weighted by Gasteiger charge is -2.10. The summed E-state index contributed by atoms with van der Waals surface area (Å²) in [6.07, 6.45) is 0.134. The summed E-state index contributed by atoms with van der Waals surface area (Å²) in [5, 5.41) is 0. The van der Waals surface area contributed by atoms with Crippen LogP contribution in [0, 0.1) is 0 Å². The Labute approximate surface area is 108 Å².